The van der Waals surface area contributed by atoms with E-state index in [1.54, 1.807) is 12.3 Å². The summed E-state index contributed by atoms with van der Waals surface area (Å²) >= 11 is 1.44. The van der Waals surface area contributed by atoms with Crippen molar-refractivity contribution in [3.8, 4) is 21.9 Å². The van der Waals surface area contributed by atoms with Crippen molar-refractivity contribution in [1.82, 2.24) is 4.98 Å². The fourth-order valence-corrected chi connectivity index (χ4v) is 3.79. The minimum atomic E-state index is -0.810. The molecule has 8 heteroatoms. The number of halogens is 1. The van der Waals surface area contributed by atoms with Crippen LogP contribution >= 0.6 is 11.3 Å². The zero-order chi connectivity index (χ0) is 19.7. The van der Waals surface area contributed by atoms with Crippen molar-refractivity contribution in [3.05, 3.63) is 82.3 Å². The van der Waals surface area contributed by atoms with E-state index in [2.05, 4.69) is 4.98 Å². The van der Waals surface area contributed by atoms with E-state index in [0.29, 0.717) is 11.3 Å². The van der Waals surface area contributed by atoms with Gasteiger partial charge in [0.1, 0.15) is 5.75 Å². The Morgan fingerprint density at radius 1 is 1.11 bits per heavy atom. The Kier molecular flexibility index (Phi) is 4.72. The molecule has 6 nitrogen and oxygen atoms in total. The quantitative estimate of drug-likeness (QED) is 0.366. The summed E-state index contributed by atoms with van der Waals surface area (Å²) in [5.74, 6) is -0.489. The number of aliphatic hydroxyl groups excluding tert-OH is 1. The lowest BCUT2D eigenvalue weighted by Crippen LogP contribution is -1.92. The lowest BCUT2D eigenvalue weighted by atomic mass is 10.1. The molecule has 0 amide bonds. The molecule has 0 radical (unpaired) electrons. The predicted octanol–water partition coefficient (Wildman–Crippen LogP) is 5.30. The van der Waals surface area contributed by atoms with Gasteiger partial charge in [0.05, 0.1) is 27.8 Å². The van der Waals surface area contributed by atoms with E-state index in [-0.39, 0.29) is 18.0 Å². The maximum atomic E-state index is 14.2. The predicted molar refractivity (Wildman–Crippen MR) is 104 cm³/mol. The Balaban J connectivity index is 1.70. The third-order valence-corrected chi connectivity index (χ3v) is 5.33. The number of benzene rings is 2. The van der Waals surface area contributed by atoms with Gasteiger partial charge < -0.3 is 9.84 Å². The molecular formula is C20H13FN2O4S. The first-order valence-electron chi connectivity index (χ1n) is 8.25. The van der Waals surface area contributed by atoms with Crippen molar-refractivity contribution in [3.63, 3.8) is 0 Å². The molecule has 0 spiro atoms. The number of nitrogens with zero attached hydrogens (tertiary/aromatic N) is 2. The van der Waals surface area contributed by atoms with Crippen LogP contribution in [0.25, 0.3) is 20.7 Å². The number of hydrogen-bond acceptors (Lipinski definition) is 6. The maximum Gasteiger partial charge on any atom is 0.272 e. The number of fused-ring (bicyclic) bond motifs is 1. The second-order valence-corrected chi connectivity index (χ2v) is 7.02. The molecule has 140 valence electrons. The smallest absolute Gasteiger partial charge is 0.272 e. The number of aromatic nitrogens is 1. The SMILES string of the molecule is O=[N+]([O-])c1ccc(Oc2ccnc3cc(-c4ccc(CO)cc4)sc23)c(F)c1. The molecule has 28 heavy (non-hydrogen) atoms. The van der Waals surface area contributed by atoms with Crippen molar-refractivity contribution >= 4 is 27.2 Å². The standard InChI is InChI=1S/C20H13FN2O4S/c21-15-9-14(23(25)26)5-6-17(15)27-18-7-8-22-16-10-19(28-20(16)18)13-3-1-12(11-24)2-4-13/h1-10,24H,11H2. The molecule has 2 heterocycles. The van der Waals surface area contributed by atoms with Gasteiger partial charge in [-0.25, -0.2) is 4.39 Å². The molecule has 1 N–H and O–H groups in total. The first-order chi connectivity index (χ1) is 13.5. The number of non-ortho nitro benzene ring substituents is 1. The molecule has 0 fully saturated rings. The number of ether oxygens (including phenoxy) is 1. The zero-order valence-electron chi connectivity index (χ0n) is 14.3. The summed E-state index contributed by atoms with van der Waals surface area (Å²) in [5, 5.41) is 19.9. The Bertz CT molecular complexity index is 1170. The molecule has 2 aromatic carbocycles. The number of pyridine rings is 1. The Morgan fingerprint density at radius 2 is 1.89 bits per heavy atom. The van der Waals surface area contributed by atoms with Crippen LogP contribution in [0.5, 0.6) is 11.5 Å². The van der Waals surface area contributed by atoms with Crippen molar-refractivity contribution in [2.45, 2.75) is 6.61 Å². The van der Waals surface area contributed by atoms with Crippen LogP contribution in [0, 0.1) is 15.9 Å². The number of aliphatic hydroxyl groups is 1. The number of nitro benzene ring substituents is 1. The molecule has 2 aromatic heterocycles. The summed E-state index contributed by atoms with van der Waals surface area (Å²) < 4.78 is 20.6. The van der Waals surface area contributed by atoms with Crippen LogP contribution in [-0.4, -0.2) is 15.0 Å². The Labute approximate surface area is 162 Å². The Morgan fingerprint density at radius 3 is 2.57 bits per heavy atom. The average Bonchev–Trinajstić information content (AvgIpc) is 3.14. The highest BCUT2D eigenvalue weighted by Gasteiger charge is 2.15. The van der Waals surface area contributed by atoms with Gasteiger partial charge in [-0.2, -0.15) is 0 Å². The van der Waals surface area contributed by atoms with E-state index >= 15 is 0 Å². The van der Waals surface area contributed by atoms with E-state index in [0.717, 1.165) is 26.8 Å². The summed E-state index contributed by atoms with van der Waals surface area (Å²) in [4.78, 5) is 15.4. The van der Waals surface area contributed by atoms with Crippen molar-refractivity contribution < 1.29 is 19.2 Å². The van der Waals surface area contributed by atoms with Gasteiger partial charge in [0.25, 0.3) is 5.69 Å². The average molecular weight is 396 g/mol. The monoisotopic (exact) mass is 396 g/mol. The van der Waals surface area contributed by atoms with E-state index in [4.69, 9.17) is 9.84 Å². The summed E-state index contributed by atoms with van der Waals surface area (Å²) in [6, 6.07) is 14.3. The van der Waals surface area contributed by atoms with Gasteiger partial charge in [-0.3, -0.25) is 15.1 Å². The van der Waals surface area contributed by atoms with Crippen LogP contribution in [0.2, 0.25) is 0 Å². The topological polar surface area (TPSA) is 85.5 Å². The minimum absolute atomic E-state index is 0.0208. The third-order valence-electron chi connectivity index (χ3n) is 4.14. The lowest BCUT2D eigenvalue weighted by molar-refractivity contribution is -0.385. The number of nitro groups is 1. The van der Waals surface area contributed by atoms with E-state index in [1.807, 2.05) is 30.3 Å². The van der Waals surface area contributed by atoms with Gasteiger partial charge >= 0.3 is 0 Å². The summed E-state index contributed by atoms with van der Waals surface area (Å²) in [7, 11) is 0. The molecular weight excluding hydrogens is 383 g/mol. The van der Waals surface area contributed by atoms with Crippen molar-refractivity contribution in [2.24, 2.45) is 0 Å². The summed E-state index contributed by atoms with van der Waals surface area (Å²) in [6.07, 6.45) is 1.56. The Hall–Kier alpha value is -3.36. The van der Waals surface area contributed by atoms with Crippen LogP contribution in [-0.2, 0) is 6.61 Å². The van der Waals surface area contributed by atoms with Gasteiger partial charge in [0.2, 0.25) is 0 Å². The molecule has 0 saturated heterocycles. The molecule has 0 aliphatic heterocycles. The van der Waals surface area contributed by atoms with Crippen LogP contribution in [0.4, 0.5) is 10.1 Å². The first kappa shape index (κ1) is 18.0. The summed E-state index contributed by atoms with van der Waals surface area (Å²) in [6.45, 7) is -0.0208. The molecule has 0 aliphatic carbocycles. The van der Waals surface area contributed by atoms with Gasteiger partial charge in [0, 0.05) is 23.2 Å². The van der Waals surface area contributed by atoms with E-state index in [1.165, 1.54) is 23.5 Å². The molecule has 0 bridgehead atoms. The third kappa shape index (κ3) is 3.42. The second kappa shape index (κ2) is 7.34. The highest BCUT2D eigenvalue weighted by molar-refractivity contribution is 7.22. The summed E-state index contributed by atoms with van der Waals surface area (Å²) in [5.41, 5.74) is 2.15. The highest BCUT2D eigenvalue weighted by atomic mass is 32.1. The van der Waals surface area contributed by atoms with Crippen LogP contribution in [0.15, 0.2) is 60.8 Å². The highest BCUT2D eigenvalue weighted by Crippen LogP contribution is 2.39. The maximum absolute atomic E-state index is 14.2. The van der Waals surface area contributed by atoms with Gasteiger partial charge in [-0.05, 0) is 23.3 Å². The van der Waals surface area contributed by atoms with Gasteiger partial charge in [0.15, 0.2) is 11.6 Å². The molecule has 0 unspecified atom stereocenters. The van der Waals surface area contributed by atoms with Crippen molar-refractivity contribution in [2.75, 3.05) is 0 Å². The fourth-order valence-electron chi connectivity index (χ4n) is 2.72. The zero-order valence-corrected chi connectivity index (χ0v) is 15.1. The molecule has 0 aliphatic rings. The minimum Gasteiger partial charge on any atom is -0.453 e. The van der Waals surface area contributed by atoms with Crippen LogP contribution < -0.4 is 4.74 Å². The largest absolute Gasteiger partial charge is 0.453 e. The van der Waals surface area contributed by atoms with Gasteiger partial charge in [-0.15, -0.1) is 11.3 Å². The normalized spacial score (nSPS) is 10.9. The number of rotatable bonds is 5. The molecule has 0 saturated carbocycles. The molecule has 4 aromatic rings. The fraction of sp³-hybridized carbons (Fsp3) is 0.0500. The van der Waals surface area contributed by atoms with E-state index < -0.39 is 10.7 Å². The first-order valence-corrected chi connectivity index (χ1v) is 9.07. The molecule has 0 atom stereocenters. The van der Waals surface area contributed by atoms with Crippen molar-refractivity contribution in [1.29, 1.82) is 0 Å². The number of hydrogen-bond donors (Lipinski definition) is 1. The van der Waals surface area contributed by atoms with Crippen LogP contribution in [0.3, 0.4) is 0 Å². The van der Waals surface area contributed by atoms with Gasteiger partial charge in [-0.1, -0.05) is 24.3 Å². The van der Waals surface area contributed by atoms with E-state index in [9.17, 15) is 14.5 Å². The lowest BCUT2D eigenvalue weighted by Gasteiger charge is -2.07. The number of thiophene rings is 1. The molecule has 4 rings (SSSR count). The second-order valence-electron chi connectivity index (χ2n) is 5.96. The van der Waals surface area contributed by atoms with Crippen LogP contribution in [0.1, 0.15) is 5.56 Å².